The molecular formula is C16H15BrN2S. The molecule has 3 rings (SSSR count). The zero-order valence-electron chi connectivity index (χ0n) is 11.2. The van der Waals surface area contributed by atoms with Crippen molar-refractivity contribution in [3.63, 3.8) is 0 Å². The third-order valence-electron chi connectivity index (χ3n) is 3.57. The van der Waals surface area contributed by atoms with Crippen LogP contribution in [0.25, 0.3) is 11.0 Å². The van der Waals surface area contributed by atoms with E-state index in [1.165, 1.54) is 11.1 Å². The molecule has 0 amide bonds. The number of nitrogens with zero attached hydrogens (tertiary/aromatic N) is 1. The predicted octanol–water partition coefficient (Wildman–Crippen LogP) is 5.07. The second-order valence-electron chi connectivity index (χ2n) is 4.80. The Morgan fingerprint density at radius 1 is 1.15 bits per heavy atom. The summed E-state index contributed by atoms with van der Waals surface area (Å²) in [6, 6.07) is 14.7. The van der Waals surface area contributed by atoms with E-state index in [0.29, 0.717) is 0 Å². The molecule has 0 bridgehead atoms. The minimum Gasteiger partial charge on any atom is -0.331 e. The number of nitrogens with one attached hydrogen (secondary N) is 1. The number of fused-ring (bicyclic) bond motifs is 1. The molecule has 0 aliphatic rings. The molecule has 0 spiro atoms. The summed E-state index contributed by atoms with van der Waals surface area (Å²) in [7, 11) is 0. The molecule has 3 aromatic rings. The van der Waals surface area contributed by atoms with Crippen LogP contribution in [-0.4, -0.2) is 9.55 Å². The number of benzene rings is 2. The number of aromatic nitrogens is 2. The maximum Gasteiger partial charge on any atom is 0.178 e. The van der Waals surface area contributed by atoms with Crippen LogP contribution >= 0.6 is 28.1 Å². The third kappa shape index (κ3) is 2.45. The van der Waals surface area contributed by atoms with Gasteiger partial charge in [-0.25, -0.2) is 0 Å². The molecule has 0 saturated carbocycles. The van der Waals surface area contributed by atoms with Crippen LogP contribution in [0.5, 0.6) is 0 Å². The van der Waals surface area contributed by atoms with Gasteiger partial charge in [-0.05, 0) is 48.0 Å². The van der Waals surface area contributed by atoms with Crippen molar-refractivity contribution < 1.29 is 0 Å². The normalized spacial score (nSPS) is 11.1. The minimum atomic E-state index is 0.768. The highest BCUT2D eigenvalue weighted by molar-refractivity contribution is 9.10. The van der Waals surface area contributed by atoms with Gasteiger partial charge in [0.1, 0.15) is 0 Å². The lowest BCUT2D eigenvalue weighted by atomic mass is 10.1. The fraction of sp³-hybridized carbons (Fsp3) is 0.188. The fourth-order valence-corrected chi connectivity index (χ4v) is 3.13. The van der Waals surface area contributed by atoms with E-state index in [1.54, 1.807) is 0 Å². The van der Waals surface area contributed by atoms with E-state index in [9.17, 15) is 0 Å². The highest BCUT2D eigenvalue weighted by atomic mass is 79.9. The summed E-state index contributed by atoms with van der Waals surface area (Å²) in [5, 5.41) is 0. The molecular weight excluding hydrogens is 332 g/mol. The molecule has 0 aliphatic carbocycles. The van der Waals surface area contributed by atoms with Crippen molar-refractivity contribution >= 4 is 39.2 Å². The Hall–Kier alpha value is -1.39. The molecule has 4 heteroatoms. The molecule has 0 radical (unpaired) electrons. The minimum absolute atomic E-state index is 0.768. The van der Waals surface area contributed by atoms with Crippen LogP contribution in [0.2, 0.25) is 0 Å². The first-order valence-corrected chi connectivity index (χ1v) is 7.84. The second-order valence-corrected chi connectivity index (χ2v) is 6.10. The molecule has 0 saturated heterocycles. The van der Waals surface area contributed by atoms with Crippen molar-refractivity contribution in [2.75, 3.05) is 0 Å². The summed E-state index contributed by atoms with van der Waals surface area (Å²) in [5.41, 5.74) is 4.91. The maximum absolute atomic E-state index is 5.47. The van der Waals surface area contributed by atoms with Crippen LogP contribution in [0.3, 0.4) is 0 Å². The molecule has 0 unspecified atom stereocenters. The average molecular weight is 347 g/mol. The van der Waals surface area contributed by atoms with Gasteiger partial charge in [0.15, 0.2) is 4.77 Å². The van der Waals surface area contributed by atoms with Crippen LogP contribution in [0.1, 0.15) is 18.1 Å². The van der Waals surface area contributed by atoms with E-state index >= 15 is 0 Å². The highest BCUT2D eigenvalue weighted by Gasteiger charge is 2.07. The molecule has 2 nitrogen and oxygen atoms in total. The van der Waals surface area contributed by atoms with Gasteiger partial charge in [0.2, 0.25) is 0 Å². The summed E-state index contributed by atoms with van der Waals surface area (Å²) in [6.45, 7) is 2.99. The Morgan fingerprint density at radius 2 is 1.90 bits per heavy atom. The quantitative estimate of drug-likeness (QED) is 0.656. The summed E-state index contributed by atoms with van der Waals surface area (Å²) in [4.78, 5) is 3.27. The van der Waals surface area contributed by atoms with E-state index < -0.39 is 0 Å². The first-order valence-electron chi connectivity index (χ1n) is 6.64. The molecule has 2 aromatic carbocycles. The van der Waals surface area contributed by atoms with E-state index in [2.05, 4.69) is 68.8 Å². The van der Waals surface area contributed by atoms with Gasteiger partial charge in [0.25, 0.3) is 0 Å². The molecule has 1 heterocycles. The van der Waals surface area contributed by atoms with E-state index in [0.717, 1.165) is 33.2 Å². The second kappa shape index (κ2) is 5.54. The van der Waals surface area contributed by atoms with Crippen molar-refractivity contribution in [1.29, 1.82) is 0 Å². The SMILES string of the molecule is CCc1ccccc1Cn1c(=S)[nH]c2ccc(Br)cc21. The lowest BCUT2D eigenvalue weighted by Gasteiger charge is -2.09. The van der Waals surface area contributed by atoms with Crippen molar-refractivity contribution in [3.05, 3.63) is 62.8 Å². The van der Waals surface area contributed by atoms with Crippen molar-refractivity contribution in [2.45, 2.75) is 19.9 Å². The van der Waals surface area contributed by atoms with Gasteiger partial charge >= 0.3 is 0 Å². The Kier molecular flexibility index (Phi) is 3.76. The van der Waals surface area contributed by atoms with Crippen LogP contribution < -0.4 is 0 Å². The molecule has 1 N–H and O–H groups in total. The van der Waals surface area contributed by atoms with Crippen molar-refractivity contribution in [1.82, 2.24) is 9.55 Å². The molecule has 20 heavy (non-hydrogen) atoms. The van der Waals surface area contributed by atoms with E-state index in [4.69, 9.17) is 12.2 Å². The first-order chi connectivity index (χ1) is 9.69. The van der Waals surface area contributed by atoms with E-state index in [1.807, 2.05) is 6.07 Å². The van der Waals surface area contributed by atoms with Gasteiger partial charge in [-0.15, -0.1) is 0 Å². The standard InChI is InChI=1S/C16H15BrN2S/c1-2-11-5-3-4-6-12(11)10-19-15-9-13(17)7-8-14(15)18-16(19)20/h3-9H,2,10H2,1H3,(H,18,20). The zero-order valence-corrected chi connectivity index (χ0v) is 13.6. The van der Waals surface area contributed by atoms with Gasteiger partial charge in [-0.2, -0.15) is 0 Å². The zero-order chi connectivity index (χ0) is 14.1. The topological polar surface area (TPSA) is 20.7 Å². The molecule has 0 aliphatic heterocycles. The number of hydrogen-bond acceptors (Lipinski definition) is 1. The van der Waals surface area contributed by atoms with Gasteiger partial charge in [0.05, 0.1) is 17.6 Å². The fourth-order valence-electron chi connectivity index (χ4n) is 2.51. The largest absolute Gasteiger partial charge is 0.331 e. The van der Waals surface area contributed by atoms with Crippen LogP contribution in [0.4, 0.5) is 0 Å². The average Bonchev–Trinajstić information content (AvgIpc) is 2.76. The molecule has 0 atom stereocenters. The summed E-state index contributed by atoms with van der Waals surface area (Å²) >= 11 is 9.00. The molecule has 1 aromatic heterocycles. The highest BCUT2D eigenvalue weighted by Crippen LogP contribution is 2.21. The molecule has 102 valence electrons. The van der Waals surface area contributed by atoms with E-state index in [-0.39, 0.29) is 0 Å². The number of imidazole rings is 1. The molecule has 0 fully saturated rings. The summed E-state index contributed by atoms with van der Waals surface area (Å²) in [5.74, 6) is 0. The smallest absolute Gasteiger partial charge is 0.178 e. The summed E-state index contributed by atoms with van der Waals surface area (Å²) in [6.07, 6.45) is 1.04. The van der Waals surface area contributed by atoms with Gasteiger partial charge in [0, 0.05) is 4.47 Å². The number of aromatic amines is 1. The third-order valence-corrected chi connectivity index (χ3v) is 4.38. The number of halogens is 1. The monoisotopic (exact) mass is 346 g/mol. The Balaban J connectivity index is 2.13. The Bertz CT molecular complexity index is 817. The number of hydrogen-bond donors (Lipinski definition) is 1. The number of aryl methyl sites for hydroxylation is 1. The van der Waals surface area contributed by atoms with Gasteiger partial charge in [-0.3, -0.25) is 0 Å². The lowest BCUT2D eigenvalue weighted by Crippen LogP contribution is -2.02. The predicted molar refractivity (Wildman–Crippen MR) is 89.7 cm³/mol. The maximum atomic E-state index is 5.47. The number of rotatable bonds is 3. The number of H-pyrrole nitrogens is 1. The Morgan fingerprint density at radius 3 is 2.65 bits per heavy atom. The van der Waals surface area contributed by atoms with Crippen molar-refractivity contribution in [2.24, 2.45) is 0 Å². The van der Waals surface area contributed by atoms with Crippen molar-refractivity contribution in [3.8, 4) is 0 Å². The van der Waals surface area contributed by atoms with Gasteiger partial charge in [-0.1, -0.05) is 47.1 Å². The van der Waals surface area contributed by atoms with Crippen LogP contribution in [0.15, 0.2) is 46.9 Å². The van der Waals surface area contributed by atoms with Gasteiger partial charge < -0.3 is 9.55 Å². The lowest BCUT2D eigenvalue weighted by molar-refractivity contribution is 0.799. The summed E-state index contributed by atoms with van der Waals surface area (Å²) < 4.78 is 3.99. The first kappa shape index (κ1) is 13.6. The van der Waals surface area contributed by atoms with Crippen LogP contribution in [-0.2, 0) is 13.0 Å². The Labute approximate surface area is 131 Å². The van der Waals surface area contributed by atoms with Crippen LogP contribution in [0, 0.1) is 4.77 Å².